The second-order valence-corrected chi connectivity index (χ2v) is 5.94. The molecule has 0 saturated carbocycles. The number of aromatic nitrogens is 1. The van der Waals surface area contributed by atoms with Crippen LogP contribution in [-0.2, 0) is 0 Å². The minimum Gasteiger partial charge on any atom is -0.486 e. The Kier molecular flexibility index (Phi) is 3.41. The molecule has 0 saturated heterocycles. The summed E-state index contributed by atoms with van der Waals surface area (Å²) in [6, 6.07) is 11.4. The largest absolute Gasteiger partial charge is 0.486 e. The number of aryl methyl sites for hydroxylation is 2. The lowest BCUT2D eigenvalue weighted by Gasteiger charge is -2.19. The summed E-state index contributed by atoms with van der Waals surface area (Å²) in [6.07, 6.45) is 0. The van der Waals surface area contributed by atoms with E-state index in [4.69, 9.17) is 9.47 Å². The average Bonchev–Trinajstić information content (AvgIpc) is 2.92. The number of carbonyl (C=O) groups excluding carboxylic acids is 1. The van der Waals surface area contributed by atoms with Crippen molar-refractivity contribution in [2.24, 2.45) is 0 Å². The van der Waals surface area contributed by atoms with Crippen LogP contribution in [0.1, 0.15) is 21.6 Å². The molecule has 122 valence electrons. The van der Waals surface area contributed by atoms with Crippen molar-refractivity contribution in [3.8, 4) is 11.5 Å². The molecule has 0 unspecified atom stereocenters. The first-order valence-corrected chi connectivity index (χ1v) is 7.92. The van der Waals surface area contributed by atoms with Crippen molar-refractivity contribution in [2.75, 3.05) is 18.5 Å². The average molecular weight is 322 g/mol. The summed E-state index contributed by atoms with van der Waals surface area (Å²) < 4.78 is 11.1. The van der Waals surface area contributed by atoms with Gasteiger partial charge in [0.2, 0.25) is 0 Å². The van der Waals surface area contributed by atoms with E-state index in [-0.39, 0.29) is 5.91 Å². The Bertz CT molecular complexity index is 943. The number of ether oxygens (including phenoxy) is 2. The molecule has 5 heteroatoms. The zero-order chi connectivity index (χ0) is 16.7. The van der Waals surface area contributed by atoms with E-state index in [0.29, 0.717) is 36.0 Å². The number of fused-ring (bicyclic) bond motifs is 2. The smallest absolute Gasteiger partial charge is 0.258 e. The highest BCUT2D eigenvalue weighted by atomic mass is 16.6. The molecule has 1 amide bonds. The lowest BCUT2D eigenvalue weighted by atomic mass is 10.1. The Hall–Kier alpha value is -2.95. The van der Waals surface area contributed by atoms with E-state index in [1.54, 1.807) is 6.07 Å². The van der Waals surface area contributed by atoms with Gasteiger partial charge in [0.15, 0.2) is 11.5 Å². The molecule has 1 aliphatic heterocycles. The van der Waals surface area contributed by atoms with Crippen molar-refractivity contribution in [3.05, 3.63) is 53.2 Å². The zero-order valence-corrected chi connectivity index (χ0v) is 13.6. The molecule has 0 fully saturated rings. The molecule has 2 aromatic carbocycles. The van der Waals surface area contributed by atoms with Gasteiger partial charge in [-0.05, 0) is 37.6 Å². The fraction of sp³-hybridized carbons (Fsp3) is 0.211. The fourth-order valence-electron chi connectivity index (χ4n) is 3.15. The summed E-state index contributed by atoms with van der Waals surface area (Å²) >= 11 is 0. The van der Waals surface area contributed by atoms with Gasteiger partial charge in [0, 0.05) is 28.4 Å². The molecular formula is C19H18N2O3. The predicted octanol–water partition coefficient (Wildman–Crippen LogP) is 3.81. The Balaban J connectivity index is 1.69. The summed E-state index contributed by atoms with van der Waals surface area (Å²) in [5.74, 6) is 1.23. The van der Waals surface area contributed by atoms with E-state index in [1.165, 1.54) is 0 Å². The van der Waals surface area contributed by atoms with Crippen LogP contribution >= 0.6 is 0 Å². The second kappa shape index (κ2) is 5.60. The van der Waals surface area contributed by atoms with Gasteiger partial charge in [0.05, 0.1) is 5.56 Å². The third-order valence-corrected chi connectivity index (χ3v) is 4.25. The van der Waals surface area contributed by atoms with Crippen LogP contribution in [0.25, 0.3) is 10.9 Å². The number of rotatable bonds is 2. The molecule has 3 aromatic rings. The number of nitrogens with one attached hydrogen (secondary N) is 2. The van der Waals surface area contributed by atoms with Gasteiger partial charge in [-0.3, -0.25) is 4.79 Å². The van der Waals surface area contributed by atoms with Gasteiger partial charge >= 0.3 is 0 Å². The summed E-state index contributed by atoms with van der Waals surface area (Å²) in [4.78, 5) is 16.1. The standard InChI is InChI=1S/C19H18N2O3/c1-11-4-3-5-14-17(11)18(12(2)20-14)19(22)21-13-6-7-15-16(10-13)24-9-8-23-15/h3-7,10,20H,8-9H2,1-2H3,(H,21,22). The number of aromatic amines is 1. The number of benzene rings is 2. The van der Waals surface area contributed by atoms with Gasteiger partial charge < -0.3 is 19.8 Å². The Labute approximate surface area is 139 Å². The van der Waals surface area contributed by atoms with Crippen LogP contribution in [0.15, 0.2) is 36.4 Å². The SMILES string of the molecule is Cc1[nH]c2cccc(C)c2c1C(=O)Nc1ccc2c(c1)OCCO2. The van der Waals surface area contributed by atoms with E-state index < -0.39 is 0 Å². The van der Waals surface area contributed by atoms with Crippen LogP contribution in [-0.4, -0.2) is 24.1 Å². The summed E-state index contributed by atoms with van der Waals surface area (Å²) in [7, 11) is 0. The zero-order valence-electron chi connectivity index (χ0n) is 13.6. The van der Waals surface area contributed by atoms with Crippen LogP contribution in [0.3, 0.4) is 0 Å². The van der Waals surface area contributed by atoms with Gasteiger partial charge in [-0.25, -0.2) is 0 Å². The third-order valence-electron chi connectivity index (χ3n) is 4.25. The third kappa shape index (κ3) is 2.38. The van der Waals surface area contributed by atoms with E-state index in [0.717, 1.165) is 22.2 Å². The highest BCUT2D eigenvalue weighted by Gasteiger charge is 2.19. The van der Waals surface area contributed by atoms with Gasteiger partial charge in [-0.2, -0.15) is 0 Å². The minimum atomic E-state index is -0.135. The number of hydrogen-bond donors (Lipinski definition) is 2. The quantitative estimate of drug-likeness (QED) is 0.754. The number of amides is 1. The minimum absolute atomic E-state index is 0.135. The van der Waals surface area contributed by atoms with Gasteiger partial charge in [0.1, 0.15) is 13.2 Å². The van der Waals surface area contributed by atoms with Crippen LogP contribution in [0.5, 0.6) is 11.5 Å². The first kappa shape index (κ1) is 14.6. The molecule has 4 rings (SSSR count). The van der Waals surface area contributed by atoms with E-state index in [1.807, 2.05) is 44.2 Å². The second-order valence-electron chi connectivity index (χ2n) is 5.94. The highest BCUT2D eigenvalue weighted by molar-refractivity contribution is 6.14. The Morgan fingerprint density at radius 1 is 1.08 bits per heavy atom. The maximum Gasteiger partial charge on any atom is 0.258 e. The van der Waals surface area contributed by atoms with Crippen molar-refractivity contribution >= 4 is 22.5 Å². The molecule has 0 atom stereocenters. The lowest BCUT2D eigenvalue weighted by molar-refractivity contribution is 0.102. The van der Waals surface area contributed by atoms with Gasteiger partial charge in [-0.15, -0.1) is 0 Å². The summed E-state index contributed by atoms with van der Waals surface area (Å²) in [5, 5.41) is 3.92. The molecule has 1 aliphatic rings. The lowest BCUT2D eigenvalue weighted by Crippen LogP contribution is -2.16. The molecule has 24 heavy (non-hydrogen) atoms. The van der Waals surface area contributed by atoms with Crippen LogP contribution in [0.2, 0.25) is 0 Å². The molecule has 1 aromatic heterocycles. The fourth-order valence-corrected chi connectivity index (χ4v) is 3.15. The normalized spacial score (nSPS) is 13.1. The Morgan fingerprint density at radius 3 is 2.71 bits per heavy atom. The van der Waals surface area contributed by atoms with Gasteiger partial charge in [-0.1, -0.05) is 12.1 Å². The van der Waals surface area contributed by atoms with Crippen molar-refractivity contribution < 1.29 is 14.3 Å². The monoisotopic (exact) mass is 322 g/mol. The molecule has 0 spiro atoms. The van der Waals surface area contributed by atoms with E-state index >= 15 is 0 Å². The maximum atomic E-state index is 12.8. The maximum absolute atomic E-state index is 12.8. The van der Waals surface area contributed by atoms with Crippen molar-refractivity contribution in [1.82, 2.24) is 4.98 Å². The molecular weight excluding hydrogens is 304 g/mol. The van der Waals surface area contributed by atoms with Crippen molar-refractivity contribution in [1.29, 1.82) is 0 Å². The number of anilines is 1. The van der Waals surface area contributed by atoms with Crippen molar-refractivity contribution in [2.45, 2.75) is 13.8 Å². The van der Waals surface area contributed by atoms with E-state index in [9.17, 15) is 4.79 Å². The first-order valence-electron chi connectivity index (χ1n) is 7.92. The molecule has 0 radical (unpaired) electrons. The Morgan fingerprint density at radius 2 is 1.88 bits per heavy atom. The van der Waals surface area contributed by atoms with Gasteiger partial charge in [0.25, 0.3) is 5.91 Å². The molecule has 5 nitrogen and oxygen atoms in total. The number of carbonyl (C=O) groups is 1. The predicted molar refractivity (Wildman–Crippen MR) is 93.2 cm³/mol. The van der Waals surface area contributed by atoms with Crippen LogP contribution in [0, 0.1) is 13.8 Å². The first-order chi connectivity index (χ1) is 11.6. The highest BCUT2D eigenvalue weighted by Crippen LogP contribution is 2.33. The topological polar surface area (TPSA) is 63.4 Å². The number of hydrogen-bond acceptors (Lipinski definition) is 3. The number of H-pyrrole nitrogens is 1. The van der Waals surface area contributed by atoms with Crippen LogP contribution < -0.4 is 14.8 Å². The molecule has 2 N–H and O–H groups in total. The van der Waals surface area contributed by atoms with E-state index in [2.05, 4.69) is 10.3 Å². The summed E-state index contributed by atoms with van der Waals surface area (Å²) in [6.45, 7) is 4.99. The van der Waals surface area contributed by atoms with Crippen LogP contribution in [0.4, 0.5) is 5.69 Å². The molecule has 2 heterocycles. The molecule has 0 aliphatic carbocycles. The molecule has 0 bridgehead atoms. The summed E-state index contributed by atoms with van der Waals surface area (Å²) in [5.41, 5.74) is 4.27. The van der Waals surface area contributed by atoms with Crippen molar-refractivity contribution in [3.63, 3.8) is 0 Å².